The van der Waals surface area contributed by atoms with E-state index >= 15 is 0 Å². The third kappa shape index (κ3) is 15.8. The Balaban J connectivity index is 1.98. The Labute approximate surface area is 192 Å². The van der Waals surface area contributed by atoms with E-state index < -0.39 is 0 Å². The molecule has 0 N–H and O–H groups in total. The van der Waals surface area contributed by atoms with E-state index in [0.717, 1.165) is 24.8 Å². The van der Waals surface area contributed by atoms with Gasteiger partial charge in [-0.15, -0.1) is 0 Å². The van der Waals surface area contributed by atoms with Gasteiger partial charge in [0, 0.05) is 5.57 Å². The van der Waals surface area contributed by atoms with Crippen LogP contribution in [0.4, 0.5) is 0 Å². The van der Waals surface area contributed by atoms with Crippen molar-refractivity contribution in [2.75, 3.05) is 7.11 Å². The van der Waals surface area contributed by atoms with Crippen molar-refractivity contribution >= 4 is 5.97 Å². The van der Waals surface area contributed by atoms with Crippen molar-refractivity contribution in [1.82, 2.24) is 0 Å². The van der Waals surface area contributed by atoms with Crippen LogP contribution in [0.25, 0.3) is 0 Å². The first-order valence-electron chi connectivity index (χ1n) is 13.1. The zero-order valence-corrected chi connectivity index (χ0v) is 20.5. The number of benzene rings is 1. The number of esters is 1. The molecule has 31 heavy (non-hydrogen) atoms. The van der Waals surface area contributed by atoms with Gasteiger partial charge in [-0.1, -0.05) is 140 Å². The van der Waals surface area contributed by atoms with Gasteiger partial charge in [0.2, 0.25) is 0 Å². The van der Waals surface area contributed by atoms with Crippen molar-refractivity contribution < 1.29 is 9.53 Å². The smallest absolute Gasteiger partial charge is 0.333 e. The van der Waals surface area contributed by atoms with Gasteiger partial charge in [-0.3, -0.25) is 0 Å². The standard InChI is InChI=1S/C29H48O2/c1-3-4-5-6-7-8-9-10-11-12-13-14-15-16-17-21-24-28(29(30)31-2)26-25-27-22-19-18-20-23-27/h18-20,22-23,26H,3-17,21,24-25H2,1-2H3. The van der Waals surface area contributed by atoms with Crippen LogP contribution in [0, 0.1) is 0 Å². The van der Waals surface area contributed by atoms with Crippen molar-refractivity contribution in [2.24, 2.45) is 0 Å². The van der Waals surface area contributed by atoms with Crippen LogP contribution in [-0.2, 0) is 16.0 Å². The number of hydrogen-bond donors (Lipinski definition) is 0. The molecule has 0 aliphatic heterocycles. The first-order chi connectivity index (χ1) is 15.3. The minimum absolute atomic E-state index is 0.170. The number of carbonyl (C=O) groups excluding carboxylic acids is 1. The van der Waals surface area contributed by atoms with Crippen molar-refractivity contribution in [1.29, 1.82) is 0 Å². The molecule has 0 spiro atoms. The maximum atomic E-state index is 12.0. The second kappa shape index (κ2) is 20.3. The molecule has 0 saturated heterocycles. The molecule has 176 valence electrons. The van der Waals surface area contributed by atoms with Gasteiger partial charge in [-0.25, -0.2) is 4.79 Å². The number of methoxy groups -OCH3 is 1. The first kappa shape index (κ1) is 27.5. The zero-order valence-electron chi connectivity index (χ0n) is 20.5. The van der Waals surface area contributed by atoms with Crippen LogP contribution in [0.1, 0.15) is 122 Å². The molecule has 2 heteroatoms. The van der Waals surface area contributed by atoms with Gasteiger partial charge in [0.05, 0.1) is 7.11 Å². The van der Waals surface area contributed by atoms with E-state index in [1.54, 1.807) is 0 Å². The minimum Gasteiger partial charge on any atom is -0.466 e. The molecule has 1 aromatic rings. The van der Waals surface area contributed by atoms with Gasteiger partial charge in [0.25, 0.3) is 0 Å². The summed E-state index contributed by atoms with van der Waals surface area (Å²) in [5.41, 5.74) is 2.06. The normalized spacial score (nSPS) is 11.6. The Morgan fingerprint density at radius 2 is 1.16 bits per heavy atom. The van der Waals surface area contributed by atoms with E-state index in [1.165, 1.54) is 109 Å². The van der Waals surface area contributed by atoms with E-state index in [2.05, 4.69) is 19.1 Å². The lowest BCUT2D eigenvalue weighted by Gasteiger charge is -2.07. The largest absolute Gasteiger partial charge is 0.466 e. The summed E-state index contributed by atoms with van der Waals surface area (Å²) >= 11 is 0. The fourth-order valence-corrected chi connectivity index (χ4v) is 4.14. The van der Waals surface area contributed by atoms with E-state index in [4.69, 9.17) is 4.74 Å². The molecule has 0 atom stereocenters. The molecular weight excluding hydrogens is 380 g/mol. The Bertz CT molecular complexity index is 561. The van der Waals surface area contributed by atoms with Crippen molar-refractivity contribution in [3.05, 3.63) is 47.5 Å². The van der Waals surface area contributed by atoms with Gasteiger partial charge in [-0.2, -0.15) is 0 Å². The molecule has 0 aliphatic rings. The predicted octanol–water partition coefficient (Wildman–Crippen LogP) is 8.98. The average molecular weight is 429 g/mol. The summed E-state index contributed by atoms with van der Waals surface area (Å²) in [4.78, 5) is 12.0. The summed E-state index contributed by atoms with van der Waals surface area (Å²) in [6.45, 7) is 2.28. The predicted molar refractivity (Wildman–Crippen MR) is 134 cm³/mol. The van der Waals surface area contributed by atoms with Gasteiger partial charge in [0.15, 0.2) is 0 Å². The van der Waals surface area contributed by atoms with Crippen LogP contribution >= 0.6 is 0 Å². The highest BCUT2D eigenvalue weighted by atomic mass is 16.5. The highest BCUT2D eigenvalue weighted by molar-refractivity contribution is 5.88. The van der Waals surface area contributed by atoms with Crippen LogP contribution in [0.2, 0.25) is 0 Å². The molecule has 2 nitrogen and oxygen atoms in total. The number of rotatable bonds is 20. The first-order valence-corrected chi connectivity index (χ1v) is 13.1. The molecule has 0 fully saturated rings. The summed E-state index contributed by atoms with van der Waals surface area (Å²) in [5.74, 6) is -0.170. The fraction of sp³-hybridized carbons (Fsp3) is 0.690. The number of unbranched alkanes of at least 4 members (excludes halogenated alkanes) is 15. The Morgan fingerprint density at radius 1 is 0.710 bits per heavy atom. The molecule has 1 rings (SSSR count). The second-order valence-corrected chi connectivity index (χ2v) is 8.96. The van der Waals surface area contributed by atoms with Crippen LogP contribution in [0.5, 0.6) is 0 Å². The summed E-state index contributed by atoms with van der Waals surface area (Å²) in [5, 5.41) is 0. The van der Waals surface area contributed by atoms with Crippen molar-refractivity contribution in [3.63, 3.8) is 0 Å². The van der Waals surface area contributed by atoms with Gasteiger partial charge >= 0.3 is 5.97 Å². The summed E-state index contributed by atoms with van der Waals surface area (Å²) in [7, 11) is 1.48. The molecule has 0 amide bonds. The summed E-state index contributed by atoms with van der Waals surface area (Å²) < 4.78 is 4.97. The molecular formula is C29H48O2. The Hall–Kier alpha value is -1.57. The molecule has 0 aliphatic carbocycles. The number of carbonyl (C=O) groups is 1. The van der Waals surface area contributed by atoms with E-state index in [9.17, 15) is 4.79 Å². The van der Waals surface area contributed by atoms with E-state index in [1.807, 2.05) is 24.3 Å². The average Bonchev–Trinajstić information content (AvgIpc) is 2.80. The van der Waals surface area contributed by atoms with E-state index in [0.29, 0.717) is 0 Å². The lowest BCUT2D eigenvalue weighted by atomic mass is 10.0. The Morgan fingerprint density at radius 3 is 1.61 bits per heavy atom. The van der Waals surface area contributed by atoms with Gasteiger partial charge in [0.1, 0.15) is 0 Å². The molecule has 0 heterocycles. The monoisotopic (exact) mass is 428 g/mol. The maximum Gasteiger partial charge on any atom is 0.333 e. The van der Waals surface area contributed by atoms with Crippen molar-refractivity contribution in [2.45, 2.75) is 122 Å². The quantitative estimate of drug-likeness (QED) is 0.118. The third-order valence-electron chi connectivity index (χ3n) is 6.17. The maximum absolute atomic E-state index is 12.0. The summed E-state index contributed by atoms with van der Waals surface area (Å²) in [6.07, 6.45) is 25.5. The number of ether oxygens (including phenoxy) is 1. The SMILES string of the molecule is CCCCCCCCCCCCCCCCCCC(=CCc1ccccc1)C(=O)OC. The van der Waals surface area contributed by atoms with Crippen LogP contribution in [-0.4, -0.2) is 13.1 Å². The molecule has 0 bridgehead atoms. The second-order valence-electron chi connectivity index (χ2n) is 8.96. The molecule has 0 aromatic heterocycles. The lowest BCUT2D eigenvalue weighted by Crippen LogP contribution is -2.05. The summed E-state index contributed by atoms with van der Waals surface area (Å²) in [6, 6.07) is 10.3. The van der Waals surface area contributed by atoms with Gasteiger partial charge in [-0.05, 0) is 24.8 Å². The number of allylic oxidation sites excluding steroid dienone is 1. The van der Waals surface area contributed by atoms with Crippen molar-refractivity contribution in [3.8, 4) is 0 Å². The zero-order chi connectivity index (χ0) is 22.4. The van der Waals surface area contributed by atoms with Crippen LogP contribution < -0.4 is 0 Å². The topological polar surface area (TPSA) is 26.3 Å². The fourth-order valence-electron chi connectivity index (χ4n) is 4.14. The molecule has 1 aromatic carbocycles. The highest BCUT2D eigenvalue weighted by Gasteiger charge is 2.09. The third-order valence-corrected chi connectivity index (χ3v) is 6.17. The number of hydrogen-bond acceptors (Lipinski definition) is 2. The molecule has 0 radical (unpaired) electrons. The molecule has 0 unspecified atom stereocenters. The van der Waals surface area contributed by atoms with Gasteiger partial charge < -0.3 is 4.74 Å². The van der Waals surface area contributed by atoms with Crippen LogP contribution in [0.3, 0.4) is 0 Å². The lowest BCUT2D eigenvalue weighted by molar-refractivity contribution is -0.136. The molecule has 0 saturated carbocycles. The Kier molecular flexibility index (Phi) is 18.0. The highest BCUT2D eigenvalue weighted by Crippen LogP contribution is 2.16. The van der Waals surface area contributed by atoms with E-state index in [-0.39, 0.29) is 5.97 Å². The minimum atomic E-state index is -0.170. The van der Waals surface area contributed by atoms with Crippen LogP contribution in [0.15, 0.2) is 42.0 Å².